The quantitative estimate of drug-likeness (QED) is 0.890. The first-order chi connectivity index (χ1) is 8.74. The molecule has 3 rings (SSSR count). The molecule has 0 radical (unpaired) electrons. The molecule has 0 amide bonds. The van der Waals surface area contributed by atoms with E-state index >= 15 is 0 Å². The SMILES string of the molecule is Cc1nnc(CC2(CN)CCCCC2)n1C1CC1. The molecule has 2 N–H and O–H groups in total. The maximum absolute atomic E-state index is 6.08. The largest absolute Gasteiger partial charge is 0.330 e. The number of rotatable bonds is 4. The van der Waals surface area contributed by atoms with Crippen LogP contribution in [0.2, 0.25) is 0 Å². The topological polar surface area (TPSA) is 56.7 Å². The molecule has 0 atom stereocenters. The Labute approximate surface area is 109 Å². The zero-order valence-electron chi connectivity index (χ0n) is 11.4. The summed E-state index contributed by atoms with van der Waals surface area (Å²) in [5.74, 6) is 2.26. The summed E-state index contributed by atoms with van der Waals surface area (Å²) < 4.78 is 2.37. The van der Waals surface area contributed by atoms with Gasteiger partial charge in [0.25, 0.3) is 0 Å². The van der Waals surface area contributed by atoms with E-state index in [4.69, 9.17) is 5.73 Å². The van der Waals surface area contributed by atoms with E-state index in [9.17, 15) is 0 Å². The minimum atomic E-state index is 0.296. The van der Waals surface area contributed by atoms with Gasteiger partial charge in [-0.2, -0.15) is 0 Å². The maximum Gasteiger partial charge on any atom is 0.133 e. The van der Waals surface area contributed by atoms with Crippen molar-refractivity contribution in [3.05, 3.63) is 11.6 Å². The van der Waals surface area contributed by atoms with Gasteiger partial charge in [0.15, 0.2) is 0 Å². The summed E-state index contributed by atoms with van der Waals surface area (Å²) in [6, 6.07) is 0.674. The van der Waals surface area contributed by atoms with Crippen LogP contribution in [-0.4, -0.2) is 21.3 Å². The fourth-order valence-corrected chi connectivity index (χ4v) is 3.43. The van der Waals surface area contributed by atoms with Crippen LogP contribution in [0, 0.1) is 12.3 Å². The summed E-state index contributed by atoms with van der Waals surface area (Å²) in [7, 11) is 0. The number of aromatic nitrogens is 3. The molecule has 1 aromatic rings. The van der Waals surface area contributed by atoms with Gasteiger partial charge < -0.3 is 10.3 Å². The first-order valence-electron chi connectivity index (χ1n) is 7.35. The lowest BCUT2D eigenvalue weighted by Crippen LogP contribution is -2.35. The van der Waals surface area contributed by atoms with Gasteiger partial charge in [0.2, 0.25) is 0 Å². The molecular weight excluding hydrogens is 224 g/mol. The normalized spacial score (nSPS) is 23.2. The molecule has 0 unspecified atom stereocenters. The summed E-state index contributed by atoms with van der Waals surface area (Å²) in [5.41, 5.74) is 6.37. The Bertz CT molecular complexity index is 413. The van der Waals surface area contributed by atoms with E-state index in [1.165, 1.54) is 50.8 Å². The van der Waals surface area contributed by atoms with Gasteiger partial charge in [0.1, 0.15) is 11.6 Å². The molecular formula is C14H24N4. The molecule has 18 heavy (non-hydrogen) atoms. The highest BCUT2D eigenvalue weighted by molar-refractivity contribution is 5.05. The monoisotopic (exact) mass is 248 g/mol. The summed E-state index contributed by atoms with van der Waals surface area (Å²) in [4.78, 5) is 0. The molecule has 100 valence electrons. The van der Waals surface area contributed by atoms with Crippen molar-refractivity contribution in [2.24, 2.45) is 11.1 Å². The Balaban J connectivity index is 1.82. The molecule has 1 aromatic heterocycles. The molecule has 2 saturated carbocycles. The summed E-state index contributed by atoms with van der Waals surface area (Å²) in [6.45, 7) is 2.87. The standard InChI is InChI=1S/C14H24N4/c1-11-16-17-13(18(11)12-5-6-12)9-14(10-15)7-3-2-4-8-14/h12H,2-10,15H2,1H3. The van der Waals surface area contributed by atoms with E-state index in [0.29, 0.717) is 11.5 Å². The van der Waals surface area contributed by atoms with Crippen LogP contribution in [0.1, 0.15) is 62.6 Å². The lowest BCUT2D eigenvalue weighted by molar-refractivity contribution is 0.191. The van der Waals surface area contributed by atoms with Gasteiger partial charge in [0.05, 0.1) is 0 Å². The lowest BCUT2D eigenvalue weighted by atomic mass is 9.71. The number of aryl methyl sites for hydroxylation is 1. The molecule has 2 aliphatic rings. The minimum Gasteiger partial charge on any atom is -0.330 e. The van der Waals surface area contributed by atoms with Crippen LogP contribution in [0.4, 0.5) is 0 Å². The highest BCUT2D eigenvalue weighted by Gasteiger charge is 2.35. The van der Waals surface area contributed by atoms with Gasteiger partial charge in [-0.25, -0.2) is 0 Å². The van der Waals surface area contributed by atoms with Crippen LogP contribution in [0.5, 0.6) is 0 Å². The first kappa shape index (κ1) is 12.2. The third-order valence-electron chi connectivity index (χ3n) is 4.73. The number of hydrogen-bond acceptors (Lipinski definition) is 3. The van der Waals surface area contributed by atoms with Crippen molar-refractivity contribution in [2.45, 2.75) is 64.3 Å². The zero-order chi connectivity index (χ0) is 12.6. The molecule has 4 heteroatoms. The van der Waals surface area contributed by atoms with E-state index in [2.05, 4.69) is 21.7 Å². The predicted molar refractivity (Wildman–Crippen MR) is 71.3 cm³/mol. The Morgan fingerprint density at radius 2 is 1.94 bits per heavy atom. The van der Waals surface area contributed by atoms with E-state index in [-0.39, 0.29) is 0 Å². The van der Waals surface area contributed by atoms with Crippen molar-refractivity contribution in [1.82, 2.24) is 14.8 Å². The predicted octanol–water partition coefficient (Wildman–Crippen LogP) is 2.37. The van der Waals surface area contributed by atoms with E-state index in [1.54, 1.807) is 0 Å². The molecule has 2 fully saturated rings. The smallest absolute Gasteiger partial charge is 0.133 e. The molecule has 0 aromatic carbocycles. The van der Waals surface area contributed by atoms with Crippen molar-refractivity contribution in [3.63, 3.8) is 0 Å². The van der Waals surface area contributed by atoms with E-state index < -0.39 is 0 Å². The Hall–Kier alpha value is -0.900. The van der Waals surface area contributed by atoms with E-state index in [0.717, 1.165) is 18.8 Å². The molecule has 0 spiro atoms. The number of hydrogen-bond donors (Lipinski definition) is 1. The maximum atomic E-state index is 6.08. The molecule has 0 aliphatic heterocycles. The molecule has 0 saturated heterocycles. The van der Waals surface area contributed by atoms with Crippen LogP contribution in [0.15, 0.2) is 0 Å². The van der Waals surface area contributed by atoms with Gasteiger partial charge in [0, 0.05) is 12.5 Å². The van der Waals surface area contributed by atoms with Crippen molar-refractivity contribution >= 4 is 0 Å². The zero-order valence-corrected chi connectivity index (χ0v) is 11.4. The highest BCUT2D eigenvalue weighted by atomic mass is 15.3. The van der Waals surface area contributed by atoms with Gasteiger partial charge in [-0.1, -0.05) is 19.3 Å². The lowest BCUT2D eigenvalue weighted by Gasteiger charge is -2.36. The average molecular weight is 248 g/mol. The fraction of sp³-hybridized carbons (Fsp3) is 0.857. The second kappa shape index (κ2) is 4.65. The van der Waals surface area contributed by atoms with Crippen molar-refractivity contribution in [1.29, 1.82) is 0 Å². The average Bonchev–Trinajstić information content (AvgIpc) is 3.16. The van der Waals surface area contributed by atoms with Crippen LogP contribution in [-0.2, 0) is 6.42 Å². The molecule has 2 aliphatic carbocycles. The van der Waals surface area contributed by atoms with Crippen LogP contribution < -0.4 is 5.73 Å². The highest BCUT2D eigenvalue weighted by Crippen LogP contribution is 2.41. The minimum absolute atomic E-state index is 0.296. The Morgan fingerprint density at radius 3 is 2.56 bits per heavy atom. The Morgan fingerprint density at radius 1 is 1.22 bits per heavy atom. The first-order valence-corrected chi connectivity index (χ1v) is 7.35. The van der Waals surface area contributed by atoms with Crippen LogP contribution >= 0.6 is 0 Å². The van der Waals surface area contributed by atoms with Gasteiger partial charge in [-0.05, 0) is 44.6 Å². The number of nitrogens with zero attached hydrogens (tertiary/aromatic N) is 3. The fourth-order valence-electron chi connectivity index (χ4n) is 3.43. The van der Waals surface area contributed by atoms with Crippen molar-refractivity contribution in [3.8, 4) is 0 Å². The third-order valence-corrected chi connectivity index (χ3v) is 4.73. The van der Waals surface area contributed by atoms with Gasteiger partial charge >= 0.3 is 0 Å². The van der Waals surface area contributed by atoms with E-state index in [1.807, 2.05) is 0 Å². The van der Waals surface area contributed by atoms with Crippen molar-refractivity contribution in [2.75, 3.05) is 6.54 Å². The summed E-state index contributed by atoms with van der Waals surface area (Å²) >= 11 is 0. The molecule has 1 heterocycles. The second-order valence-electron chi connectivity index (χ2n) is 6.21. The number of nitrogens with two attached hydrogens (primary N) is 1. The molecule has 0 bridgehead atoms. The summed E-state index contributed by atoms with van der Waals surface area (Å²) in [6.07, 6.45) is 10.2. The van der Waals surface area contributed by atoms with Gasteiger partial charge in [-0.15, -0.1) is 10.2 Å². The van der Waals surface area contributed by atoms with Crippen LogP contribution in [0.3, 0.4) is 0 Å². The summed E-state index contributed by atoms with van der Waals surface area (Å²) in [5, 5.41) is 8.70. The van der Waals surface area contributed by atoms with Crippen LogP contribution in [0.25, 0.3) is 0 Å². The Kier molecular flexibility index (Phi) is 3.14. The van der Waals surface area contributed by atoms with Gasteiger partial charge in [-0.3, -0.25) is 0 Å². The van der Waals surface area contributed by atoms with Crippen molar-refractivity contribution < 1.29 is 0 Å². The third kappa shape index (κ3) is 2.18. The molecule has 4 nitrogen and oxygen atoms in total. The second-order valence-corrected chi connectivity index (χ2v) is 6.21.